The molecule has 2 aliphatic rings. The highest BCUT2D eigenvalue weighted by Gasteiger charge is 2.42. The summed E-state index contributed by atoms with van der Waals surface area (Å²) in [6.07, 6.45) is 1.26. The summed E-state index contributed by atoms with van der Waals surface area (Å²) in [5.74, 6) is -4.09. The lowest BCUT2D eigenvalue weighted by molar-refractivity contribution is -0.130. The van der Waals surface area contributed by atoms with Gasteiger partial charge in [0.25, 0.3) is 12.3 Å². The molecule has 40 heavy (non-hydrogen) atoms. The molecule has 2 unspecified atom stereocenters. The monoisotopic (exact) mass is 591 g/mol. The molecule has 7 nitrogen and oxygen atoms in total. The lowest BCUT2D eigenvalue weighted by Gasteiger charge is -2.41. The summed E-state index contributed by atoms with van der Waals surface area (Å²) in [5.41, 5.74) is 5.42. The number of primary amides is 1. The van der Waals surface area contributed by atoms with Crippen LogP contribution in [-0.4, -0.2) is 36.7 Å². The first-order valence-corrected chi connectivity index (χ1v) is 14.4. The molecule has 4 N–H and O–H groups in total. The number of anilines is 1. The second-order valence-electron chi connectivity index (χ2n) is 10.9. The molecule has 0 aliphatic heterocycles. The molecule has 3 atom stereocenters. The fourth-order valence-corrected chi connectivity index (χ4v) is 6.50. The van der Waals surface area contributed by atoms with Gasteiger partial charge in [-0.05, 0) is 42.0 Å². The van der Waals surface area contributed by atoms with Crippen LogP contribution in [0.2, 0.25) is 0 Å². The molecule has 1 aromatic carbocycles. The maximum absolute atomic E-state index is 15.3. The highest BCUT2D eigenvalue weighted by molar-refractivity contribution is 6.17. The number of hydrogen-bond acceptors (Lipinski definition) is 4. The van der Waals surface area contributed by atoms with Gasteiger partial charge in [-0.3, -0.25) is 9.59 Å². The number of rotatable bonds is 11. The van der Waals surface area contributed by atoms with Crippen molar-refractivity contribution in [1.82, 2.24) is 5.32 Å². The molecule has 1 aromatic rings. The molecule has 12 heteroatoms. The maximum atomic E-state index is 15.3. The molecule has 0 bridgehead atoms. The molecule has 2 aliphatic carbocycles. The Morgan fingerprint density at radius 2 is 1.52 bits per heavy atom. The van der Waals surface area contributed by atoms with Crippen LogP contribution in [0.1, 0.15) is 88.2 Å². The lowest BCUT2D eigenvalue weighted by Crippen LogP contribution is -2.46. The first kappa shape index (κ1) is 32.0. The Hall–Kier alpha value is -2.56. The van der Waals surface area contributed by atoms with E-state index in [2.05, 4.69) is 5.32 Å². The van der Waals surface area contributed by atoms with Crippen molar-refractivity contribution in [2.75, 3.05) is 5.32 Å². The third-order valence-corrected chi connectivity index (χ3v) is 8.52. The summed E-state index contributed by atoms with van der Waals surface area (Å²) < 4.78 is 59.1. The smallest absolute Gasteiger partial charge is 0.405 e. The molecule has 0 saturated heterocycles. The van der Waals surface area contributed by atoms with Crippen molar-refractivity contribution in [2.24, 2.45) is 23.5 Å². The van der Waals surface area contributed by atoms with E-state index in [0.717, 1.165) is 70.3 Å². The van der Waals surface area contributed by atoms with Crippen LogP contribution >= 0.6 is 11.6 Å². The van der Waals surface area contributed by atoms with Crippen molar-refractivity contribution in [2.45, 2.75) is 102 Å². The van der Waals surface area contributed by atoms with Crippen molar-refractivity contribution in [3.63, 3.8) is 0 Å². The fourth-order valence-electron chi connectivity index (χ4n) is 6.27. The van der Waals surface area contributed by atoms with Crippen LogP contribution < -0.4 is 16.4 Å². The van der Waals surface area contributed by atoms with E-state index in [9.17, 15) is 27.6 Å². The number of nitrogens with two attached hydrogens (primary N) is 1. The van der Waals surface area contributed by atoms with E-state index in [1.54, 1.807) is 5.32 Å². The third kappa shape index (κ3) is 8.24. The summed E-state index contributed by atoms with van der Waals surface area (Å²) in [6.45, 7) is 1.30. The number of halogens is 5. The Morgan fingerprint density at radius 1 is 0.975 bits per heavy atom. The minimum absolute atomic E-state index is 0.0525. The van der Waals surface area contributed by atoms with Gasteiger partial charge in [-0.2, -0.15) is 0 Å². The summed E-state index contributed by atoms with van der Waals surface area (Å²) in [6, 6.07) is 2.19. The van der Waals surface area contributed by atoms with E-state index in [1.165, 1.54) is 13.0 Å². The Bertz CT molecular complexity index is 1020. The quantitative estimate of drug-likeness (QED) is 0.154. The second kappa shape index (κ2) is 14.9. The normalized spacial score (nSPS) is 19.2. The maximum Gasteiger partial charge on any atom is 0.405 e. The predicted octanol–water partition coefficient (Wildman–Crippen LogP) is 6.52. The Kier molecular flexibility index (Phi) is 11.9. The molecule has 3 amide bonds. The first-order chi connectivity index (χ1) is 19.0. The second-order valence-corrected chi connectivity index (χ2v) is 11.1. The molecule has 2 fully saturated rings. The van der Waals surface area contributed by atoms with Gasteiger partial charge in [0, 0.05) is 11.8 Å². The molecule has 224 valence electrons. The molecule has 2 saturated carbocycles. The largest absolute Gasteiger partial charge is 0.436 e. The lowest BCUT2D eigenvalue weighted by atomic mass is 9.67. The van der Waals surface area contributed by atoms with Gasteiger partial charge in [-0.25, -0.2) is 22.4 Å². The number of benzene rings is 1. The van der Waals surface area contributed by atoms with Gasteiger partial charge in [-0.1, -0.05) is 64.2 Å². The van der Waals surface area contributed by atoms with Crippen LogP contribution in [0.15, 0.2) is 12.1 Å². The zero-order valence-corrected chi connectivity index (χ0v) is 23.3. The standard InChI is InChI=1S/C28H38ClF4N3O4/c1-15(26(37)36-25(33)24(31)32)19-13-20(30)21(12-18(19)14-29)35-27(38)23(40-28(34)39)22(16-8-4-2-5-9-16)17-10-6-3-7-11-17/h12-13,15-17,22-25H,2-11,14H2,1H3,(H2,34,39)(H,35,38)(H,36,37)/t15?,23-,25?/m0/s1. The number of nitrogens with one attached hydrogen (secondary N) is 2. The molecular weight excluding hydrogens is 554 g/mol. The SMILES string of the molecule is CC(C(=O)NC(F)C(F)F)c1cc(F)c(NC(=O)[C@@H](OC(N)=O)C(C2CCCCC2)C2CCCCC2)cc1CCl. The first-order valence-electron chi connectivity index (χ1n) is 13.9. The number of alkyl halides is 4. The van der Waals surface area contributed by atoms with E-state index in [-0.39, 0.29) is 40.4 Å². The molecule has 0 aromatic heterocycles. The number of carbonyl (C=O) groups excluding carboxylic acids is 3. The highest BCUT2D eigenvalue weighted by atomic mass is 35.5. The van der Waals surface area contributed by atoms with Crippen molar-refractivity contribution < 1.29 is 36.7 Å². The summed E-state index contributed by atoms with van der Waals surface area (Å²) in [7, 11) is 0. The van der Waals surface area contributed by atoms with E-state index in [0.29, 0.717) is 0 Å². The van der Waals surface area contributed by atoms with Gasteiger partial charge < -0.3 is 21.1 Å². The number of hydrogen-bond donors (Lipinski definition) is 3. The fraction of sp³-hybridized carbons (Fsp3) is 0.679. The van der Waals surface area contributed by atoms with Gasteiger partial charge in [0.1, 0.15) is 5.82 Å². The van der Waals surface area contributed by atoms with Gasteiger partial charge >= 0.3 is 6.09 Å². The zero-order chi connectivity index (χ0) is 29.4. The van der Waals surface area contributed by atoms with Crippen molar-refractivity contribution in [3.05, 3.63) is 29.1 Å². The van der Waals surface area contributed by atoms with Crippen molar-refractivity contribution in [3.8, 4) is 0 Å². The van der Waals surface area contributed by atoms with Gasteiger partial charge in [0.05, 0.1) is 11.6 Å². The van der Waals surface area contributed by atoms with Crippen LogP contribution in [0, 0.1) is 23.6 Å². The van der Waals surface area contributed by atoms with Crippen molar-refractivity contribution >= 4 is 35.2 Å². The molecule has 0 spiro atoms. The van der Waals surface area contributed by atoms with E-state index >= 15 is 4.39 Å². The Morgan fingerprint density at radius 3 is 2.00 bits per heavy atom. The highest BCUT2D eigenvalue weighted by Crippen LogP contribution is 2.43. The van der Waals surface area contributed by atoms with E-state index in [4.69, 9.17) is 22.1 Å². The minimum Gasteiger partial charge on any atom is -0.436 e. The van der Waals surface area contributed by atoms with Crippen LogP contribution in [0.3, 0.4) is 0 Å². The molecule has 3 rings (SSSR count). The minimum atomic E-state index is -3.42. The Balaban J connectivity index is 1.88. The van der Waals surface area contributed by atoms with Gasteiger partial charge in [-0.15, -0.1) is 11.6 Å². The number of ether oxygens (including phenoxy) is 1. The molecular formula is C28H38ClF4N3O4. The van der Waals surface area contributed by atoms with Gasteiger partial charge in [0.15, 0.2) is 6.10 Å². The van der Waals surface area contributed by atoms with Crippen LogP contribution in [0.25, 0.3) is 0 Å². The van der Waals surface area contributed by atoms with Crippen LogP contribution in [0.4, 0.5) is 28.0 Å². The number of carbonyl (C=O) groups is 3. The summed E-state index contributed by atoms with van der Waals surface area (Å²) in [5, 5.41) is 4.08. The predicted molar refractivity (Wildman–Crippen MR) is 143 cm³/mol. The average Bonchev–Trinajstić information content (AvgIpc) is 2.93. The number of amides is 3. The van der Waals surface area contributed by atoms with E-state index in [1.807, 2.05) is 0 Å². The zero-order valence-electron chi connectivity index (χ0n) is 22.6. The van der Waals surface area contributed by atoms with Crippen LogP contribution in [-0.2, 0) is 20.2 Å². The summed E-state index contributed by atoms with van der Waals surface area (Å²) in [4.78, 5) is 37.8. The average molecular weight is 592 g/mol. The summed E-state index contributed by atoms with van der Waals surface area (Å²) >= 11 is 6.04. The molecule has 0 radical (unpaired) electrons. The topological polar surface area (TPSA) is 111 Å². The van der Waals surface area contributed by atoms with Gasteiger partial charge in [0.2, 0.25) is 12.2 Å². The third-order valence-electron chi connectivity index (χ3n) is 8.23. The molecule has 0 heterocycles. The van der Waals surface area contributed by atoms with E-state index < -0.39 is 48.5 Å². The van der Waals surface area contributed by atoms with Crippen molar-refractivity contribution in [1.29, 1.82) is 0 Å². The Labute approximate surface area is 236 Å². The van der Waals surface area contributed by atoms with Crippen LogP contribution in [0.5, 0.6) is 0 Å².